The molecule has 1 N–H and O–H groups in total. The van der Waals surface area contributed by atoms with Crippen LogP contribution in [0.25, 0.3) is 11.1 Å². The molecule has 0 fully saturated rings. The van der Waals surface area contributed by atoms with Crippen molar-refractivity contribution in [1.29, 1.82) is 5.26 Å². The second-order valence-corrected chi connectivity index (χ2v) is 9.71. The van der Waals surface area contributed by atoms with Gasteiger partial charge in [-0.15, -0.1) is 11.8 Å². The predicted octanol–water partition coefficient (Wildman–Crippen LogP) is 6.10. The molecule has 0 unspecified atom stereocenters. The van der Waals surface area contributed by atoms with Crippen LogP contribution in [0.3, 0.4) is 0 Å². The first-order valence-electron chi connectivity index (χ1n) is 10.9. The lowest BCUT2D eigenvalue weighted by Crippen LogP contribution is -2.06. The van der Waals surface area contributed by atoms with Gasteiger partial charge in [0.1, 0.15) is 6.61 Å². The number of carbonyl (C=O) groups is 1. The predicted molar refractivity (Wildman–Crippen MR) is 130 cm³/mol. The number of rotatable bonds is 6. The van der Waals surface area contributed by atoms with Gasteiger partial charge in [-0.3, -0.25) is 4.79 Å². The van der Waals surface area contributed by atoms with Gasteiger partial charge < -0.3 is 9.84 Å². The smallest absolute Gasteiger partial charge is 0.303 e. The summed E-state index contributed by atoms with van der Waals surface area (Å²) in [5, 5.41) is 18.4. The van der Waals surface area contributed by atoms with Crippen molar-refractivity contribution in [1.82, 2.24) is 4.98 Å². The highest BCUT2D eigenvalue weighted by Gasteiger charge is 2.26. The normalized spacial score (nSPS) is 14.6. The van der Waals surface area contributed by atoms with Gasteiger partial charge >= 0.3 is 5.97 Å². The first-order chi connectivity index (χ1) is 15.8. The molecular formula is C27H26N2O3S. The Labute approximate surface area is 198 Å². The van der Waals surface area contributed by atoms with Crippen LogP contribution in [0, 0.1) is 39.0 Å². The van der Waals surface area contributed by atoms with E-state index in [2.05, 4.69) is 37.0 Å². The minimum absolute atomic E-state index is 0.00449. The quantitative estimate of drug-likeness (QED) is 0.481. The number of aryl methyl sites for hydroxylation is 4. The zero-order valence-electron chi connectivity index (χ0n) is 19.2. The Balaban J connectivity index is 1.58. The summed E-state index contributed by atoms with van der Waals surface area (Å²) in [5.74, 6) is 0.526. The van der Waals surface area contributed by atoms with Crippen LogP contribution in [0.4, 0.5) is 0 Å². The van der Waals surface area contributed by atoms with Gasteiger partial charge in [-0.2, -0.15) is 5.26 Å². The summed E-state index contributed by atoms with van der Waals surface area (Å²) in [6.07, 6.45) is 1.89. The van der Waals surface area contributed by atoms with Crippen molar-refractivity contribution in [2.75, 3.05) is 5.75 Å². The first-order valence-corrected chi connectivity index (χ1v) is 11.8. The lowest BCUT2D eigenvalue weighted by atomic mass is 9.89. The van der Waals surface area contributed by atoms with E-state index in [1.165, 1.54) is 5.56 Å². The van der Waals surface area contributed by atoms with E-state index in [9.17, 15) is 10.1 Å². The standard InChI is InChI=1S/C27H26N2O3S/c1-15-5-16(2)22(27-17(3)6-19(11-28)7-18(27)4)8-20(15)13-32-25-10-24-23(12-29-25)21(14-33-24)9-26(30)31/h5-8,10,12,21H,9,13-14H2,1-4H3,(H,30,31)/t21-/m0/s1. The number of pyridine rings is 1. The SMILES string of the molecule is Cc1cc(C)c(-c2c(C)cc(C#N)cc2C)cc1COc1cc2c(cn1)[C@@H](CC(=O)O)CS2. The largest absolute Gasteiger partial charge is 0.481 e. The molecule has 0 saturated carbocycles. The van der Waals surface area contributed by atoms with Crippen LogP contribution in [-0.4, -0.2) is 21.8 Å². The van der Waals surface area contributed by atoms with Gasteiger partial charge in [0.2, 0.25) is 5.88 Å². The van der Waals surface area contributed by atoms with E-state index in [0.29, 0.717) is 18.1 Å². The number of benzene rings is 2. The van der Waals surface area contributed by atoms with Crippen LogP contribution in [0.2, 0.25) is 0 Å². The maximum absolute atomic E-state index is 11.1. The van der Waals surface area contributed by atoms with Crippen LogP contribution in [0.1, 0.15) is 51.3 Å². The molecular weight excluding hydrogens is 432 g/mol. The molecule has 1 atom stereocenters. The molecule has 0 aliphatic carbocycles. The number of fused-ring (bicyclic) bond motifs is 1. The Bertz CT molecular complexity index is 1270. The Kier molecular flexibility index (Phi) is 6.44. The molecule has 4 rings (SSSR count). The number of thioether (sulfide) groups is 1. The molecule has 0 spiro atoms. The molecule has 0 bridgehead atoms. The van der Waals surface area contributed by atoms with E-state index in [1.807, 2.05) is 32.0 Å². The van der Waals surface area contributed by atoms with Crippen molar-refractivity contribution < 1.29 is 14.6 Å². The Morgan fingerprint density at radius 2 is 1.85 bits per heavy atom. The fourth-order valence-electron chi connectivity index (χ4n) is 4.53. The lowest BCUT2D eigenvalue weighted by molar-refractivity contribution is -0.137. The van der Waals surface area contributed by atoms with E-state index in [-0.39, 0.29) is 12.3 Å². The van der Waals surface area contributed by atoms with Crippen LogP contribution in [0.15, 0.2) is 41.4 Å². The average Bonchev–Trinajstić information content (AvgIpc) is 3.15. The number of hydrogen-bond acceptors (Lipinski definition) is 5. The third-order valence-corrected chi connectivity index (χ3v) is 7.39. The van der Waals surface area contributed by atoms with Gasteiger partial charge in [-0.05, 0) is 90.4 Å². The molecule has 6 heteroatoms. The van der Waals surface area contributed by atoms with Crippen LogP contribution >= 0.6 is 11.8 Å². The van der Waals surface area contributed by atoms with E-state index in [0.717, 1.165) is 49.6 Å². The van der Waals surface area contributed by atoms with Crippen molar-refractivity contribution in [3.8, 4) is 23.1 Å². The van der Waals surface area contributed by atoms with Crippen LogP contribution < -0.4 is 4.74 Å². The van der Waals surface area contributed by atoms with Gasteiger partial charge in [0.25, 0.3) is 0 Å². The van der Waals surface area contributed by atoms with Crippen molar-refractivity contribution in [2.24, 2.45) is 0 Å². The van der Waals surface area contributed by atoms with Gasteiger partial charge in [0.15, 0.2) is 0 Å². The number of aromatic nitrogens is 1. The maximum Gasteiger partial charge on any atom is 0.303 e. The third kappa shape index (κ3) is 4.74. The fraction of sp³-hybridized carbons (Fsp3) is 0.296. The third-order valence-electron chi connectivity index (χ3n) is 6.16. The topological polar surface area (TPSA) is 83.2 Å². The van der Waals surface area contributed by atoms with E-state index in [4.69, 9.17) is 9.84 Å². The Morgan fingerprint density at radius 3 is 2.52 bits per heavy atom. The van der Waals surface area contributed by atoms with Crippen molar-refractivity contribution in [3.05, 3.63) is 75.5 Å². The monoisotopic (exact) mass is 458 g/mol. The summed E-state index contributed by atoms with van der Waals surface area (Å²) < 4.78 is 6.06. The zero-order valence-corrected chi connectivity index (χ0v) is 20.0. The summed E-state index contributed by atoms with van der Waals surface area (Å²) in [6.45, 7) is 8.67. The molecule has 0 radical (unpaired) electrons. The molecule has 0 saturated heterocycles. The molecule has 33 heavy (non-hydrogen) atoms. The first kappa shape index (κ1) is 22.9. The van der Waals surface area contributed by atoms with Crippen molar-refractivity contribution in [3.63, 3.8) is 0 Å². The number of carboxylic acids is 1. The highest BCUT2D eigenvalue weighted by Crippen LogP contribution is 2.42. The van der Waals surface area contributed by atoms with Gasteiger partial charge in [-0.1, -0.05) is 6.07 Å². The number of nitrogens with zero attached hydrogens (tertiary/aromatic N) is 2. The minimum Gasteiger partial charge on any atom is -0.481 e. The van der Waals surface area contributed by atoms with E-state index >= 15 is 0 Å². The Morgan fingerprint density at radius 1 is 1.12 bits per heavy atom. The number of aliphatic carboxylic acids is 1. The summed E-state index contributed by atoms with van der Waals surface area (Å²) >= 11 is 1.66. The second-order valence-electron chi connectivity index (χ2n) is 8.65. The highest BCUT2D eigenvalue weighted by atomic mass is 32.2. The molecule has 2 heterocycles. The molecule has 2 aromatic carbocycles. The summed E-state index contributed by atoms with van der Waals surface area (Å²) in [6, 6.07) is 12.4. The van der Waals surface area contributed by atoms with Crippen LogP contribution in [-0.2, 0) is 11.4 Å². The fourth-order valence-corrected chi connectivity index (χ4v) is 5.77. The second kappa shape index (κ2) is 9.29. The van der Waals surface area contributed by atoms with Crippen molar-refractivity contribution in [2.45, 2.75) is 51.5 Å². The number of ether oxygens (including phenoxy) is 1. The zero-order chi connectivity index (χ0) is 23.7. The summed E-state index contributed by atoms with van der Waals surface area (Å²) in [4.78, 5) is 16.6. The average molecular weight is 459 g/mol. The van der Waals surface area contributed by atoms with Crippen LogP contribution in [0.5, 0.6) is 5.88 Å². The number of nitriles is 1. The number of carboxylic acid groups (broad SMARTS) is 1. The van der Waals surface area contributed by atoms with Gasteiger partial charge in [0.05, 0.1) is 18.1 Å². The molecule has 168 valence electrons. The molecule has 1 aliphatic heterocycles. The minimum atomic E-state index is -0.785. The van der Waals surface area contributed by atoms with E-state index in [1.54, 1.807) is 18.0 Å². The Hall–Kier alpha value is -3.30. The summed E-state index contributed by atoms with van der Waals surface area (Å²) in [5.41, 5.74) is 9.55. The molecule has 3 aromatic rings. The lowest BCUT2D eigenvalue weighted by Gasteiger charge is -2.17. The van der Waals surface area contributed by atoms with Gasteiger partial charge in [-0.25, -0.2) is 4.98 Å². The molecule has 1 aliphatic rings. The number of hydrogen-bond donors (Lipinski definition) is 1. The maximum atomic E-state index is 11.1. The van der Waals surface area contributed by atoms with E-state index < -0.39 is 5.97 Å². The molecule has 5 nitrogen and oxygen atoms in total. The highest BCUT2D eigenvalue weighted by molar-refractivity contribution is 7.99. The van der Waals surface area contributed by atoms with Crippen molar-refractivity contribution >= 4 is 17.7 Å². The molecule has 0 amide bonds. The van der Waals surface area contributed by atoms with Gasteiger partial charge in [0, 0.05) is 28.8 Å². The molecule has 1 aromatic heterocycles. The summed E-state index contributed by atoms with van der Waals surface area (Å²) in [7, 11) is 0.